The molecule has 0 spiro atoms. The molecule has 0 saturated carbocycles. The molecule has 4 rings (SSSR count). The average molecular weight is 495 g/mol. The topological polar surface area (TPSA) is 64.9 Å². The third-order valence-electron chi connectivity index (χ3n) is 5.78. The Labute approximate surface area is 202 Å². The third kappa shape index (κ3) is 6.21. The molecule has 0 aliphatic carbocycles. The number of carbonyl (C=O) groups is 1. The molecule has 190 valence electrons. The summed E-state index contributed by atoms with van der Waals surface area (Å²) >= 11 is 0. The summed E-state index contributed by atoms with van der Waals surface area (Å²) in [5, 5.41) is 2.33. The van der Waals surface area contributed by atoms with Crippen LogP contribution >= 0.6 is 0 Å². The Hall–Kier alpha value is -2.92. The van der Waals surface area contributed by atoms with E-state index < -0.39 is 24.7 Å². The molecule has 0 bridgehead atoms. The monoisotopic (exact) mass is 495 g/mol. The van der Waals surface area contributed by atoms with Crippen LogP contribution in [0.15, 0.2) is 42.7 Å². The van der Waals surface area contributed by atoms with Gasteiger partial charge in [0.05, 0.1) is 28.6 Å². The summed E-state index contributed by atoms with van der Waals surface area (Å²) in [5.74, 6) is -0.699. The van der Waals surface area contributed by atoms with Gasteiger partial charge in [0.25, 0.3) is 0 Å². The van der Waals surface area contributed by atoms with Gasteiger partial charge in [-0.1, -0.05) is 13.8 Å². The van der Waals surface area contributed by atoms with Crippen molar-refractivity contribution in [3.63, 3.8) is 0 Å². The zero-order valence-electron chi connectivity index (χ0n) is 20.8. The number of imidazole rings is 1. The quantitative estimate of drug-likeness (QED) is 0.301. The number of fused-ring (bicyclic) bond motifs is 1. The molecule has 1 aromatic carbocycles. The molecule has 1 aliphatic rings. The average Bonchev–Trinajstić information content (AvgIpc) is 3.31. The minimum absolute atomic E-state index is 0.158. The van der Waals surface area contributed by atoms with E-state index in [2.05, 4.69) is 10.3 Å². The molecule has 1 saturated heterocycles. The molecule has 1 aliphatic heterocycles. The largest absolute Gasteiger partial charge is 0.495 e. The highest BCUT2D eigenvalue weighted by Gasteiger charge is 2.51. The van der Waals surface area contributed by atoms with Gasteiger partial charge in [0, 0.05) is 13.2 Å². The summed E-state index contributed by atoms with van der Waals surface area (Å²) in [6.45, 7) is 12.1. The number of halogens is 4. The van der Waals surface area contributed by atoms with Crippen molar-refractivity contribution in [1.82, 2.24) is 9.38 Å². The third-order valence-corrected chi connectivity index (χ3v) is 5.78. The van der Waals surface area contributed by atoms with Crippen molar-refractivity contribution in [3.8, 4) is 0 Å². The lowest BCUT2D eigenvalue weighted by Crippen LogP contribution is -2.41. The number of hydrogen-bond donors (Lipinski definition) is 1. The van der Waals surface area contributed by atoms with E-state index in [0.29, 0.717) is 17.4 Å². The molecule has 0 amide bonds. The second kappa shape index (κ2) is 10.8. The predicted molar refractivity (Wildman–Crippen MR) is 129 cm³/mol. The summed E-state index contributed by atoms with van der Waals surface area (Å²) in [6, 6.07) is 6.00. The fourth-order valence-corrected chi connectivity index (χ4v) is 3.12. The number of nitrogens with zero attached hydrogens (tertiary/aromatic N) is 2. The number of alkyl halides is 3. The van der Waals surface area contributed by atoms with Crippen LogP contribution < -0.4 is 10.8 Å². The number of aromatic nitrogens is 2. The minimum Gasteiger partial charge on any atom is -0.399 e. The standard InChI is InChI=1S/C14H17BN2O3.C8H7F4N.C2H6/c1-13(2)14(3,4)20-15(19-13)10-5-6-17-11(9-18)8-16-12(17)7-10;1-13-7-4-5(8(10,11)12)2-3-6(7)9;1-2/h5-9H,1-4H3;2-4,13H,1H3;1-2H3. The van der Waals surface area contributed by atoms with Gasteiger partial charge in [-0.3, -0.25) is 9.20 Å². The Morgan fingerprint density at radius 1 is 1.06 bits per heavy atom. The van der Waals surface area contributed by atoms with E-state index in [4.69, 9.17) is 9.31 Å². The maximum absolute atomic E-state index is 12.7. The van der Waals surface area contributed by atoms with Crippen LogP contribution in [-0.2, 0) is 15.5 Å². The Kier molecular flexibility index (Phi) is 8.72. The van der Waals surface area contributed by atoms with Crippen LogP contribution in [0.4, 0.5) is 23.2 Å². The number of nitrogens with one attached hydrogen (secondary N) is 1. The summed E-state index contributed by atoms with van der Waals surface area (Å²) in [5.41, 5.74) is 0.382. The van der Waals surface area contributed by atoms with Crippen LogP contribution in [0.5, 0.6) is 0 Å². The lowest BCUT2D eigenvalue weighted by atomic mass is 9.80. The molecule has 0 radical (unpaired) electrons. The smallest absolute Gasteiger partial charge is 0.399 e. The van der Waals surface area contributed by atoms with Crippen LogP contribution in [0.1, 0.15) is 57.6 Å². The Morgan fingerprint density at radius 2 is 1.66 bits per heavy atom. The normalized spacial score (nSPS) is 16.1. The molecule has 1 fully saturated rings. The van der Waals surface area contributed by atoms with Crippen molar-refractivity contribution in [1.29, 1.82) is 0 Å². The van der Waals surface area contributed by atoms with Crippen LogP contribution in [0.3, 0.4) is 0 Å². The fourth-order valence-electron chi connectivity index (χ4n) is 3.12. The Bertz CT molecular complexity index is 1150. The highest BCUT2D eigenvalue weighted by atomic mass is 19.4. The van der Waals surface area contributed by atoms with Gasteiger partial charge in [0.1, 0.15) is 17.2 Å². The van der Waals surface area contributed by atoms with Crippen molar-refractivity contribution >= 4 is 30.2 Å². The molecule has 35 heavy (non-hydrogen) atoms. The molecular formula is C24H30BF4N3O3. The van der Waals surface area contributed by atoms with Gasteiger partial charge in [-0.15, -0.1) is 0 Å². The maximum atomic E-state index is 12.7. The van der Waals surface area contributed by atoms with Gasteiger partial charge >= 0.3 is 13.3 Å². The van der Waals surface area contributed by atoms with Crippen LogP contribution in [0.2, 0.25) is 0 Å². The number of carbonyl (C=O) groups excluding carboxylic acids is 1. The number of aldehydes is 1. The number of benzene rings is 1. The molecule has 11 heteroatoms. The highest BCUT2D eigenvalue weighted by Crippen LogP contribution is 2.36. The number of hydrogen-bond acceptors (Lipinski definition) is 5. The van der Waals surface area contributed by atoms with Crippen molar-refractivity contribution in [2.75, 3.05) is 12.4 Å². The highest BCUT2D eigenvalue weighted by molar-refractivity contribution is 6.62. The van der Waals surface area contributed by atoms with Crippen molar-refractivity contribution in [2.24, 2.45) is 0 Å². The van der Waals surface area contributed by atoms with E-state index in [0.717, 1.165) is 23.9 Å². The fraction of sp³-hybridized carbons (Fsp3) is 0.417. The van der Waals surface area contributed by atoms with Crippen LogP contribution in [-0.4, -0.2) is 41.0 Å². The molecular weight excluding hydrogens is 465 g/mol. The molecule has 6 nitrogen and oxygen atoms in total. The van der Waals surface area contributed by atoms with Crippen molar-refractivity contribution < 1.29 is 31.7 Å². The molecule has 3 aromatic rings. The van der Waals surface area contributed by atoms with E-state index >= 15 is 0 Å². The van der Waals surface area contributed by atoms with E-state index in [9.17, 15) is 22.4 Å². The number of pyridine rings is 1. The summed E-state index contributed by atoms with van der Waals surface area (Å²) in [4.78, 5) is 15.1. The first-order valence-corrected chi connectivity index (χ1v) is 11.1. The Balaban J connectivity index is 0.000000251. The molecule has 0 atom stereocenters. The summed E-state index contributed by atoms with van der Waals surface area (Å²) in [7, 11) is 0.944. The maximum Gasteiger partial charge on any atom is 0.495 e. The van der Waals surface area contributed by atoms with Gasteiger partial charge in [-0.25, -0.2) is 9.37 Å². The zero-order valence-corrected chi connectivity index (χ0v) is 20.8. The Morgan fingerprint density at radius 3 is 2.17 bits per heavy atom. The van der Waals surface area contributed by atoms with Crippen molar-refractivity contribution in [3.05, 3.63) is 59.8 Å². The number of anilines is 1. The van der Waals surface area contributed by atoms with Crippen LogP contribution in [0, 0.1) is 5.82 Å². The lowest BCUT2D eigenvalue weighted by Gasteiger charge is -2.32. The van der Waals surface area contributed by atoms with Gasteiger partial charge in [0.2, 0.25) is 0 Å². The van der Waals surface area contributed by atoms with Gasteiger partial charge in [-0.05, 0) is 63.5 Å². The predicted octanol–water partition coefficient (Wildman–Crippen LogP) is 5.36. The van der Waals surface area contributed by atoms with E-state index in [1.54, 1.807) is 10.6 Å². The minimum atomic E-state index is -4.43. The molecule has 2 aromatic heterocycles. The summed E-state index contributed by atoms with van der Waals surface area (Å²) < 4.78 is 62.7. The first kappa shape index (κ1) is 28.3. The van der Waals surface area contributed by atoms with E-state index in [-0.39, 0.29) is 16.9 Å². The first-order chi connectivity index (χ1) is 16.3. The second-order valence-corrected chi connectivity index (χ2v) is 8.52. The van der Waals surface area contributed by atoms with Gasteiger partial charge in [-0.2, -0.15) is 13.2 Å². The summed E-state index contributed by atoms with van der Waals surface area (Å²) in [6.07, 6.45) is -0.281. The molecule has 1 N–H and O–H groups in total. The zero-order chi connectivity index (χ0) is 26.6. The number of rotatable bonds is 3. The second-order valence-electron chi connectivity index (χ2n) is 8.52. The van der Waals surface area contributed by atoms with E-state index in [1.165, 1.54) is 7.05 Å². The molecule has 3 heterocycles. The SMILES string of the molecule is CC.CC1(C)OB(c2ccn3c(C=O)cnc3c2)OC1(C)C.CNc1cc(C(F)(F)F)ccc1F. The lowest BCUT2D eigenvalue weighted by molar-refractivity contribution is -0.137. The van der Waals surface area contributed by atoms with Crippen molar-refractivity contribution in [2.45, 2.75) is 58.9 Å². The van der Waals surface area contributed by atoms with E-state index in [1.807, 2.05) is 59.9 Å². The first-order valence-electron chi connectivity index (χ1n) is 11.1. The van der Waals surface area contributed by atoms with Gasteiger partial charge in [0.15, 0.2) is 6.29 Å². The molecule has 0 unspecified atom stereocenters. The van der Waals surface area contributed by atoms with Gasteiger partial charge < -0.3 is 14.6 Å². The van der Waals surface area contributed by atoms with Crippen LogP contribution in [0.25, 0.3) is 5.65 Å².